The average Bonchev–Trinajstić information content (AvgIpc) is 2.61. The molecule has 7 nitrogen and oxygen atoms in total. The van der Waals surface area contributed by atoms with Crippen molar-refractivity contribution in [3.05, 3.63) is 17.5 Å². The van der Waals surface area contributed by atoms with Crippen molar-refractivity contribution in [3.8, 4) is 0 Å². The summed E-state index contributed by atoms with van der Waals surface area (Å²) in [5.74, 6) is 0.809. The number of rotatable bonds is 4. The number of piperazine rings is 1. The van der Waals surface area contributed by atoms with E-state index in [1.165, 1.54) is 0 Å². The van der Waals surface area contributed by atoms with Crippen LogP contribution in [0.25, 0.3) is 0 Å². The van der Waals surface area contributed by atoms with Crippen LogP contribution in [0.5, 0.6) is 0 Å². The highest BCUT2D eigenvalue weighted by molar-refractivity contribution is 5.68. The zero-order valence-electron chi connectivity index (χ0n) is 13.8. The van der Waals surface area contributed by atoms with Crippen LogP contribution < -0.4 is 10.2 Å². The van der Waals surface area contributed by atoms with Crippen LogP contribution in [-0.4, -0.2) is 60.3 Å². The van der Waals surface area contributed by atoms with Crippen molar-refractivity contribution >= 4 is 12.0 Å². The number of hydrogen-bond acceptors (Lipinski definition) is 6. The van der Waals surface area contributed by atoms with Gasteiger partial charge in [0.25, 0.3) is 0 Å². The highest BCUT2D eigenvalue weighted by Crippen LogP contribution is 2.20. The van der Waals surface area contributed by atoms with E-state index >= 15 is 0 Å². The third kappa shape index (κ3) is 3.90. The van der Waals surface area contributed by atoms with Crippen LogP contribution in [0.15, 0.2) is 6.20 Å². The molecule has 0 atom stereocenters. The summed E-state index contributed by atoms with van der Waals surface area (Å²) in [6.07, 6.45) is 4.34. The van der Waals surface area contributed by atoms with Crippen molar-refractivity contribution in [2.45, 2.75) is 32.7 Å². The van der Waals surface area contributed by atoms with Crippen molar-refractivity contribution < 1.29 is 9.53 Å². The monoisotopic (exact) mass is 319 g/mol. The molecule has 1 N–H and O–H groups in total. The van der Waals surface area contributed by atoms with E-state index in [4.69, 9.17) is 9.72 Å². The number of nitrogens with one attached hydrogen (secondary N) is 1. The Labute approximate surface area is 137 Å². The van der Waals surface area contributed by atoms with Gasteiger partial charge in [-0.2, -0.15) is 0 Å². The number of nitrogens with zero attached hydrogens (tertiary/aromatic N) is 4. The summed E-state index contributed by atoms with van der Waals surface area (Å²) in [6, 6.07) is 0. The molecule has 126 valence electrons. The molecule has 0 radical (unpaired) electrons. The summed E-state index contributed by atoms with van der Waals surface area (Å²) in [7, 11) is 0. The second-order valence-electron chi connectivity index (χ2n) is 6.02. The molecule has 0 saturated carbocycles. The van der Waals surface area contributed by atoms with Gasteiger partial charge in [0.2, 0.25) is 5.95 Å². The summed E-state index contributed by atoms with van der Waals surface area (Å²) in [5.41, 5.74) is 2.09. The minimum absolute atomic E-state index is 0.227. The van der Waals surface area contributed by atoms with Gasteiger partial charge < -0.3 is 19.9 Å². The summed E-state index contributed by atoms with van der Waals surface area (Å²) in [4.78, 5) is 25.2. The second kappa shape index (κ2) is 7.59. The molecule has 1 aromatic rings. The normalized spacial score (nSPS) is 17.8. The molecule has 0 aromatic carbocycles. The van der Waals surface area contributed by atoms with E-state index in [0.29, 0.717) is 19.7 Å². The van der Waals surface area contributed by atoms with E-state index in [0.717, 1.165) is 62.6 Å². The molecular formula is C16H25N5O2. The number of amides is 1. The Morgan fingerprint density at radius 3 is 2.96 bits per heavy atom. The quantitative estimate of drug-likeness (QED) is 0.841. The van der Waals surface area contributed by atoms with Gasteiger partial charge in [0.05, 0.1) is 18.8 Å². The highest BCUT2D eigenvalue weighted by atomic mass is 16.6. The molecule has 0 aliphatic carbocycles. The predicted octanol–water partition coefficient (Wildman–Crippen LogP) is 1.18. The van der Waals surface area contributed by atoms with Crippen LogP contribution in [0.3, 0.4) is 0 Å². The van der Waals surface area contributed by atoms with Gasteiger partial charge in [0, 0.05) is 50.9 Å². The van der Waals surface area contributed by atoms with Gasteiger partial charge in [-0.25, -0.2) is 14.8 Å². The maximum absolute atomic E-state index is 12.0. The third-order valence-corrected chi connectivity index (χ3v) is 4.30. The Bertz CT molecular complexity index is 545. The Morgan fingerprint density at radius 1 is 1.35 bits per heavy atom. The molecule has 1 aromatic heterocycles. The molecule has 0 spiro atoms. The van der Waals surface area contributed by atoms with Crippen LogP contribution in [0.1, 0.15) is 31.0 Å². The topological polar surface area (TPSA) is 70.6 Å². The van der Waals surface area contributed by atoms with Crippen molar-refractivity contribution in [2.75, 3.05) is 44.2 Å². The van der Waals surface area contributed by atoms with Crippen LogP contribution >= 0.6 is 0 Å². The number of aromatic nitrogens is 2. The molecule has 23 heavy (non-hydrogen) atoms. The van der Waals surface area contributed by atoms with E-state index in [1.807, 2.05) is 6.20 Å². The fraction of sp³-hybridized carbons (Fsp3) is 0.688. The molecule has 0 bridgehead atoms. The standard InChI is InChI=1S/C16H25N5O2/c1-2-3-10-23-16(22)21-7-4-14-13(12-21)11-18-15(19-14)20-8-5-17-6-9-20/h11,17H,2-10,12H2,1H3. The average molecular weight is 319 g/mol. The number of hydrogen-bond donors (Lipinski definition) is 1. The lowest BCUT2D eigenvalue weighted by Gasteiger charge is -2.30. The molecule has 2 aliphatic rings. The lowest BCUT2D eigenvalue weighted by Crippen LogP contribution is -2.44. The molecule has 1 saturated heterocycles. The Kier molecular flexibility index (Phi) is 5.27. The van der Waals surface area contributed by atoms with Gasteiger partial charge in [-0.1, -0.05) is 13.3 Å². The molecule has 1 amide bonds. The first-order valence-electron chi connectivity index (χ1n) is 8.50. The molecule has 2 aliphatic heterocycles. The number of carbonyl (C=O) groups excluding carboxylic acids is 1. The Morgan fingerprint density at radius 2 is 2.17 bits per heavy atom. The summed E-state index contributed by atoms with van der Waals surface area (Å²) < 4.78 is 5.29. The zero-order chi connectivity index (χ0) is 16.1. The first kappa shape index (κ1) is 16.0. The van der Waals surface area contributed by atoms with Crippen molar-refractivity contribution in [3.63, 3.8) is 0 Å². The highest BCUT2D eigenvalue weighted by Gasteiger charge is 2.24. The second-order valence-corrected chi connectivity index (χ2v) is 6.02. The number of carbonyl (C=O) groups is 1. The van der Waals surface area contributed by atoms with E-state index in [1.54, 1.807) is 4.90 Å². The summed E-state index contributed by atoms with van der Waals surface area (Å²) in [5, 5.41) is 3.33. The summed E-state index contributed by atoms with van der Waals surface area (Å²) in [6.45, 7) is 7.60. The van der Waals surface area contributed by atoms with Crippen LogP contribution in [0.4, 0.5) is 10.7 Å². The number of anilines is 1. The van der Waals surface area contributed by atoms with E-state index in [2.05, 4.69) is 22.1 Å². The molecule has 3 rings (SSSR count). The molecule has 0 unspecified atom stereocenters. The van der Waals surface area contributed by atoms with Gasteiger partial charge >= 0.3 is 6.09 Å². The fourth-order valence-electron chi connectivity index (χ4n) is 2.87. The zero-order valence-corrected chi connectivity index (χ0v) is 13.8. The molecule has 1 fully saturated rings. The number of fused-ring (bicyclic) bond motifs is 1. The molecule has 3 heterocycles. The first-order valence-corrected chi connectivity index (χ1v) is 8.50. The van der Waals surface area contributed by atoms with Crippen LogP contribution in [0, 0.1) is 0 Å². The SMILES string of the molecule is CCCCOC(=O)N1CCc2nc(N3CCNCC3)ncc2C1. The predicted molar refractivity (Wildman–Crippen MR) is 87.5 cm³/mol. The van der Waals surface area contributed by atoms with Crippen molar-refractivity contribution in [1.82, 2.24) is 20.2 Å². The van der Waals surface area contributed by atoms with Gasteiger partial charge in [0.15, 0.2) is 0 Å². The minimum atomic E-state index is -0.227. The lowest BCUT2D eigenvalue weighted by atomic mass is 10.1. The third-order valence-electron chi connectivity index (χ3n) is 4.30. The molecule has 7 heteroatoms. The smallest absolute Gasteiger partial charge is 0.410 e. The maximum Gasteiger partial charge on any atom is 0.410 e. The van der Waals surface area contributed by atoms with E-state index in [9.17, 15) is 4.79 Å². The Balaban J connectivity index is 1.62. The fourth-order valence-corrected chi connectivity index (χ4v) is 2.87. The van der Waals surface area contributed by atoms with Gasteiger partial charge in [-0.3, -0.25) is 0 Å². The van der Waals surface area contributed by atoms with E-state index < -0.39 is 0 Å². The van der Waals surface area contributed by atoms with Gasteiger partial charge in [-0.05, 0) is 6.42 Å². The van der Waals surface area contributed by atoms with Crippen molar-refractivity contribution in [1.29, 1.82) is 0 Å². The lowest BCUT2D eigenvalue weighted by molar-refractivity contribution is 0.0963. The minimum Gasteiger partial charge on any atom is -0.449 e. The summed E-state index contributed by atoms with van der Waals surface area (Å²) >= 11 is 0. The Hall–Kier alpha value is -1.89. The first-order chi connectivity index (χ1) is 11.3. The van der Waals surface area contributed by atoms with Gasteiger partial charge in [-0.15, -0.1) is 0 Å². The van der Waals surface area contributed by atoms with Crippen LogP contribution in [-0.2, 0) is 17.7 Å². The van der Waals surface area contributed by atoms with Gasteiger partial charge in [0.1, 0.15) is 0 Å². The largest absolute Gasteiger partial charge is 0.449 e. The van der Waals surface area contributed by atoms with Crippen molar-refractivity contribution in [2.24, 2.45) is 0 Å². The molecular weight excluding hydrogens is 294 g/mol. The van der Waals surface area contributed by atoms with Crippen LogP contribution in [0.2, 0.25) is 0 Å². The van der Waals surface area contributed by atoms with E-state index in [-0.39, 0.29) is 6.09 Å². The maximum atomic E-state index is 12.0. The number of unbranched alkanes of at least 4 members (excludes halogenated alkanes) is 1. The number of ether oxygens (including phenoxy) is 1.